The number of carbonyl (C=O) groups is 1. The second kappa shape index (κ2) is 6.88. The minimum Gasteiger partial charge on any atom is -0.476 e. The topological polar surface area (TPSA) is 108 Å². The maximum atomic E-state index is 12.4. The monoisotopic (exact) mass is 367 g/mol. The fraction of sp³-hybridized carbons (Fsp3) is 0.333. The summed E-state index contributed by atoms with van der Waals surface area (Å²) in [5.41, 5.74) is 0.955. The molecule has 1 fully saturated rings. The predicted octanol–water partition coefficient (Wildman–Crippen LogP) is 2.11. The van der Waals surface area contributed by atoms with E-state index in [0.29, 0.717) is 5.92 Å². The number of nitrogens with zero attached hydrogens (tertiary/aromatic N) is 1. The number of aromatic nitrogens is 1. The number of hydrogen-bond donors (Lipinski definition) is 3. The van der Waals surface area contributed by atoms with E-state index in [4.69, 9.17) is 5.11 Å². The second-order valence-corrected chi connectivity index (χ2v) is 8.08. The molecule has 3 N–H and O–H groups in total. The molecule has 1 aliphatic heterocycles. The SMILES string of the molecule is O=C(O)c1csc(NS(=O)(=O)c2ccc(C3CCNCC3)cc2)n1. The molecule has 0 spiro atoms. The van der Waals surface area contributed by atoms with Gasteiger partial charge in [0.2, 0.25) is 0 Å². The van der Waals surface area contributed by atoms with Gasteiger partial charge in [0.05, 0.1) is 4.90 Å². The van der Waals surface area contributed by atoms with Gasteiger partial charge in [-0.3, -0.25) is 4.72 Å². The van der Waals surface area contributed by atoms with Gasteiger partial charge in [0.1, 0.15) is 0 Å². The van der Waals surface area contributed by atoms with Crippen LogP contribution in [0.2, 0.25) is 0 Å². The Balaban J connectivity index is 1.75. The van der Waals surface area contributed by atoms with E-state index in [-0.39, 0.29) is 15.7 Å². The van der Waals surface area contributed by atoms with Crippen LogP contribution in [0.4, 0.5) is 5.13 Å². The van der Waals surface area contributed by atoms with E-state index in [1.54, 1.807) is 12.1 Å². The van der Waals surface area contributed by atoms with Crippen LogP contribution in [0, 0.1) is 0 Å². The van der Waals surface area contributed by atoms with Gasteiger partial charge in [-0.1, -0.05) is 12.1 Å². The molecule has 1 aliphatic rings. The molecule has 1 aromatic heterocycles. The van der Waals surface area contributed by atoms with Crippen molar-refractivity contribution in [3.05, 3.63) is 40.9 Å². The van der Waals surface area contributed by atoms with E-state index in [1.807, 2.05) is 12.1 Å². The number of piperidine rings is 1. The highest BCUT2D eigenvalue weighted by molar-refractivity contribution is 7.93. The van der Waals surface area contributed by atoms with E-state index in [9.17, 15) is 13.2 Å². The molecule has 7 nitrogen and oxygen atoms in total. The maximum absolute atomic E-state index is 12.4. The van der Waals surface area contributed by atoms with E-state index in [2.05, 4.69) is 15.0 Å². The van der Waals surface area contributed by atoms with Crippen LogP contribution in [0.15, 0.2) is 34.5 Å². The van der Waals surface area contributed by atoms with Crippen LogP contribution < -0.4 is 10.0 Å². The summed E-state index contributed by atoms with van der Waals surface area (Å²) in [6.07, 6.45) is 2.09. The summed E-state index contributed by atoms with van der Waals surface area (Å²) < 4.78 is 27.0. The van der Waals surface area contributed by atoms with Crippen LogP contribution in [-0.4, -0.2) is 37.6 Å². The standard InChI is InChI=1S/C15H17N3O4S2/c19-14(20)13-9-23-15(17-13)18-24(21,22)12-3-1-10(2-4-12)11-5-7-16-8-6-11/h1-4,9,11,16H,5-8H2,(H,17,18)(H,19,20). The fourth-order valence-electron chi connectivity index (χ4n) is 2.67. The zero-order valence-corrected chi connectivity index (χ0v) is 14.4. The minimum absolute atomic E-state index is 0.0369. The third kappa shape index (κ3) is 3.74. The van der Waals surface area contributed by atoms with Crippen molar-refractivity contribution in [2.24, 2.45) is 0 Å². The first kappa shape index (κ1) is 16.9. The van der Waals surface area contributed by atoms with Gasteiger partial charge in [-0.25, -0.2) is 18.2 Å². The summed E-state index contributed by atoms with van der Waals surface area (Å²) in [6.45, 7) is 1.95. The van der Waals surface area contributed by atoms with Crippen molar-refractivity contribution in [2.75, 3.05) is 17.8 Å². The fourth-order valence-corrected chi connectivity index (χ4v) is 4.60. The molecule has 0 radical (unpaired) electrons. The Bertz CT molecular complexity index is 825. The minimum atomic E-state index is -3.78. The highest BCUT2D eigenvalue weighted by atomic mass is 32.2. The molecule has 0 saturated carbocycles. The quantitative estimate of drug-likeness (QED) is 0.747. The molecule has 0 atom stereocenters. The Morgan fingerprint density at radius 1 is 1.25 bits per heavy atom. The Labute approximate surface area is 143 Å². The normalized spacial score (nSPS) is 16.0. The van der Waals surface area contributed by atoms with E-state index in [0.717, 1.165) is 42.8 Å². The molecule has 9 heteroatoms. The molecule has 0 bridgehead atoms. The molecule has 0 aliphatic carbocycles. The van der Waals surface area contributed by atoms with Crippen molar-refractivity contribution in [1.29, 1.82) is 0 Å². The number of carboxylic acid groups (broad SMARTS) is 1. The molecular formula is C15H17N3O4S2. The molecule has 128 valence electrons. The molecule has 0 amide bonds. The molecular weight excluding hydrogens is 350 g/mol. The maximum Gasteiger partial charge on any atom is 0.355 e. The third-order valence-corrected chi connectivity index (χ3v) is 6.19. The lowest BCUT2D eigenvalue weighted by atomic mass is 9.90. The largest absolute Gasteiger partial charge is 0.476 e. The van der Waals surface area contributed by atoms with Crippen LogP contribution in [-0.2, 0) is 10.0 Å². The lowest BCUT2D eigenvalue weighted by Gasteiger charge is -2.23. The van der Waals surface area contributed by atoms with E-state index >= 15 is 0 Å². The number of benzene rings is 1. The first-order valence-electron chi connectivity index (χ1n) is 7.48. The third-order valence-electron chi connectivity index (χ3n) is 3.95. The van der Waals surface area contributed by atoms with Crippen molar-refractivity contribution in [2.45, 2.75) is 23.7 Å². The highest BCUT2D eigenvalue weighted by Crippen LogP contribution is 2.27. The molecule has 3 rings (SSSR count). The van der Waals surface area contributed by atoms with Gasteiger partial charge in [0.25, 0.3) is 10.0 Å². The number of thiazole rings is 1. The zero-order valence-electron chi connectivity index (χ0n) is 12.7. The van der Waals surface area contributed by atoms with Crippen LogP contribution in [0.5, 0.6) is 0 Å². The first-order valence-corrected chi connectivity index (χ1v) is 9.84. The number of aromatic carboxylic acids is 1. The number of anilines is 1. The number of carboxylic acids is 1. The molecule has 0 unspecified atom stereocenters. The average Bonchev–Trinajstić information content (AvgIpc) is 3.04. The van der Waals surface area contributed by atoms with E-state index in [1.165, 1.54) is 5.38 Å². The van der Waals surface area contributed by atoms with Crippen LogP contribution in [0.1, 0.15) is 34.8 Å². The van der Waals surface area contributed by atoms with Gasteiger partial charge in [0.15, 0.2) is 10.8 Å². The van der Waals surface area contributed by atoms with Crippen LogP contribution >= 0.6 is 11.3 Å². The summed E-state index contributed by atoms with van der Waals surface area (Å²) in [7, 11) is -3.78. The van der Waals surface area contributed by atoms with Crippen LogP contribution in [0.25, 0.3) is 0 Å². The molecule has 1 saturated heterocycles. The van der Waals surface area contributed by atoms with Gasteiger partial charge in [-0.2, -0.15) is 0 Å². The number of sulfonamides is 1. The van der Waals surface area contributed by atoms with Crippen molar-refractivity contribution < 1.29 is 18.3 Å². The van der Waals surface area contributed by atoms with Crippen molar-refractivity contribution in [1.82, 2.24) is 10.3 Å². The summed E-state index contributed by atoms with van der Waals surface area (Å²) in [4.78, 5) is 14.7. The van der Waals surface area contributed by atoms with Crippen molar-refractivity contribution in [3.63, 3.8) is 0 Å². The Hall–Kier alpha value is -1.97. The summed E-state index contributed by atoms with van der Waals surface area (Å²) in [6, 6.07) is 6.83. The highest BCUT2D eigenvalue weighted by Gasteiger charge is 2.19. The van der Waals surface area contributed by atoms with Gasteiger partial charge in [-0.15, -0.1) is 11.3 Å². The Morgan fingerprint density at radius 3 is 2.50 bits per heavy atom. The summed E-state index contributed by atoms with van der Waals surface area (Å²) >= 11 is 0.936. The smallest absolute Gasteiger partial charge is 0.355 e. The lowest BCUT2D eigenvalue weighted by molar-refractivity contribution is 0.0691. The van der Waals surface area contributed by atoms with Gasteiger partial charge >= 0.3 is 5.97 Å². The second-order valence-electron chi connectivity index (χ2n) is 5.54. The molecule has 2 aromatic rings. The Kier molecular flexibility index (Phi) is 4.83. The number of nitrogens with one attached hydrogen (secondary N) is 2. The Morgan fingerprint density at radius 2 is 1.92 bits per heavy atom. The summed E-state index contributed by atoms with van der Waals surface area (Å²) in [5, 5.41) is 13.5. The molecule has 2 heterocycles. The lowest BCUT2D eigenvalue weighted by Crippen LogP contribution is -2.26. The molecule has 24 heavy (non-hydrogen) atoms. The summed E-state index contributed by atoms with van der Waals surface area (Å²) in [5.74, 6) is -0.740. The van der Waals surface area contributed by atoms with E-state index < -0.39 is 16.0 Å². The average molecular weight is 367 g/mol. The van der Waals surface area contributed by atoms with Gasteiger partial charge in [0, 0.05) is 5.38 Å². The van der Waals surface area contributed by atoms with Gasteiger partial charge in [-0.05, 0) is 49.5 Å². The zero-order chi connectivity index (χ0) is 17.2. The predicted molar refractivity (Wildman–Crippen MR) is 91.2 cm³/mol. The van der Waals surface area contributed by atoms with Crippen molar-refractivity contribution in [3.8, 4) is 0 Å². The van der Waals surface area contributed by atoms with Crippen LogP contribution in [0.3, 0.4) is 0 Å². The number of hydrogen-bond acceptors (Lipinski definition) is 6. The molecule has 1 aromatic carbocycles. The number of rotatable bonds is 5. The first-order chi connectivity index (χ1) is 11.5. The van der Waals surface area contributed by atoms with Gasteiger partial charge < -0.3 is 10.4 Å². The van der Waals surface area contributed by atoms with Crippen molar-refractivity contribution >= 4 is 32.5 Å².